The first-order valence-corrected chi connectivity index (χ1v) is 5.01. The summed E-state index contributed by atoms with van der Waals surface area (Å²) in [5.74, 6) is 1.81. The second-order valence-corrected chi connectivity index (χ2v) is 3.25. The summed E-state index contributed by atoms with van der Waals surface area (Å²) in [5.41, 5.74) is 1.81. The number of hydrogen-bond donors (Lipinski definition) is 3. The van der Waals surface area contributed by atoms with Crippen LogP contribution in [0.1, 0.15) is 13.3 Å². The van der Waals surface area contributed by atoms with Crippen LogP contribution in [0.3, 0.4) is 0 Å². The second-order valence-electron chi connectivity index (χ2n) is 3.25. The van der Waals surface area contributed by atoms with Crippen LogP contribution in [0.2, 0.25) is 0 Å². The standard InChI is InChI=1S/C10H13F3N4/c1-2-3-15-10(17-14)16-8-5-6(11)4-7(12)9(8)13/h4-5H,2-3,14H2,1H3,(H2,15,16,17). The van der Waals surface area contributed by atoms with Gasteiger partial charge >= 0.3 is 0 Å². The lowest BCUT2D eigenvalue weighted by Gasteiger charge is -2.10. The number of nitrogens with one attached hydrogen (secondary N) is 2. The van der Waals surface area contributed by atoms with Gasteiger partial charge in [-0.15, -0.1) is 0 Å². The normalized spacial score (nSPS) is 11.5. The molecule has 0 radical (unpaired) electrons. The Balaban J connectivity index is 2.93. The predicted octanol–water partition coefficient (Wildman–Crippen LogP) is 1.75. The minimum absolute atomic E-state index is 0.0377. The average molecular weight is 246 g/mol. The third kappa shape index (κ3) is 3.63. The van der Waals surface area contributed by atoms with E-state index >= 15 is 0 Å². The fourth-order valence-electron chi connectivity index (χ4n) is 1.12. The van der Waals surface area contributed by atoms with Crippen LogP contribution in [0.25, 0.3) is 0 Å². The SMILES string of the molecule is CCCN=C(NN)Nc1cc(F)cc(F)c1F. The molecule has 17 heavy (non-hydrogen) atoms. The average Bonchev–Trinajstić information content (AvgIpc) is 2.30. The molecule has 0 saturated heterocycles. The number of anilines is 1. The van der Waals surface area contributed by atoms with Crippen molar-refractivity contribution in [3.05, 3.63) is 29.6 Å². The molecule has 1 rings (SSSR count). The number of hydrazine groups is 1. The van der Waals surface area contributed by atoms with Gasteiger partial charge in [0.2, 0.25) is 5.96 Å². The van der Waals surface area contributed by atoms with Gasteiger partial charge in [-0.05, 0) is 6.42 Å². The van der Waals surface area contributed by atoms with E-state index in [-0.39, 0.29) is 11.6 Å². The van der Waals surface area contributed by atoms with Crippen LogP contribution in [-0.2, 0) is 0 Å². The summed E-state index contributed by atoms with van der Waals surface area (Å²) >= 11 is 0. The number of nitrogens with zero attached hydrogens (tertiary/aromatic N) is 1. The Morgan fingerprint density at radius 1 is 1.35 bits per heavy atom. The molecule has 1 aromatic rings. The van der Waals surface area contributed by atoms with E-state index in [0.29, 0.717) is 12.6 Å². The number of guanidine groups is 1. The third-order valence-corrected chi connectivity index (χ3v) is 1.88. The van der Waals surface area contributed by atoms with E-state index in [9.17, 15) is 13.2 Å². The Morgan fingerprint density at radius 2 is 2.06 bits per heavy atom. The van der Waals surface area contributed by atoms with E-state index in [1.807, 2.05) is 6.92 Å². The van der Waals surface area contributed by atoms with Crippen molar-refractivity contribution in [3.63, 3.8) is 0 Å². The molecule has 94 valence electrons. The van der Waals surface area contributed by atoms with E-state index in [1.165, 1.54) is 0 Å². The lowest BCUT2D eigenvalue weighted by Crippen LogP contribution is -2.36. The zero-order valence-corrected chi connectivity index (χ0v) is 9.23. The topological polar surface area (TPSA) is 62.4 Å². The molecular formula is C10H13F3N4. The fourth-order valence-corrected chi connectivity index (χ4v) is 1.12. The Bertz CT molecular complexity index is 420. The maximum Gasteiger partial charge on any atom is 0.210 e. The molecule has 0 unspecified atom stereocenters. The molecule has 0 atom stereocenters. The molecule has 0 fully saturated rings. The van der Waals surface area contributed by atoms with E-state index < -0.39 is 17.5 Å². The largest absolute Gasteiger partial charge is 0.323 e. The van der Waals surface area contributed by atoms with Crippen molar-refractivity contribution in [2.75, 3.05) is 11.9 Å². The van der Waals surface area contributed by atoms with E-state index in [4.69, 9.17) is 5.84 Å². The summed E-state index contributed by atoms with van der Waals surface area (Å²) in [6.07, 6.45) is 0.757. The van der Waals surface area contributed by atoms with Gasteiger partial charge in [-0.2, -0.15) is 0 Å². The van der Waals surface area contributed by atoms with Crippen LogP contribution >= 0.6 is 0 Å². The Labute approximate surface area is 96.7 Å². The van der Waals surface area contributed by atoms with Crippen molar-refractivity contribution in [2.24, 2.45) is 10.8 Å². The first-order chi connectivity index (χ1) is 8.08. The number of halogens is 3. The summed E-state index contributed by atoms with van der Waals surface area (Å²) in [6.45, 7) is 2.34. The summed E-state index contributed by atoms with van der Waals surface area (Å²) in [4.78, 5) is 3.91. The summed E-state index contributed by atoms with van der Waals surface area (Å²) in [5, 5.41) is 2.37. The minimum atomic E-state index is -1.28. The lowest BCUT2D eigenvalue weighted by molar-refractivity contribution is 0.498. The number of aliphatic imine (C=N–C) groups is 1. The molecule has 0 aliphatic heterocycles. The van der Waals surface area contributed by atoms with E-state index in [2.05, 4.69) is 15.7 Å². The molecule has 0 saturated carbocycles. The van der Waals surface area contributed by atoms with Crippen molar-refractivity contribution < 1.29 is 13.2 Å². The molecule has 0 aliphatic carbocycles. The molecule has 4 nitrogen and oxygen atoms in total. The van der Waals surface area contributed by atoms with Crippen molar-refractivity contribution in [1.82, 2.24) is 5.43 Å². The first kappa shape index (κ1) is 13.3. The Morgan fingerprint density at radius 3 is 2.65 bits per heavy atom. The molecule has 1 aromatic carbocycles. The van der Waals surface area contributed by atoms with E-state index in [0.717, 1.165) is 12.5 Å². The van der Waals surface area contributed by atoms with Crippen molar-refractivity contribution in [3.8, 4) is 0 Å². The molecule has 0 amide bonds. The van der Waals surface area contributed by atoms with Crippen LogP contribution in [0, 0.1) is 17.5 Å². The van der Waals surface area contributed by atoms with Gasteiger partial charge in [-0.1, -0.05) is 6.92 Å². The molecule has 0 aliphatic rings. The van der Waals surface area contributed by atoms with Gasteiger partial charge in [0.05, 0.1) is 5.69 Å². The monoisotopic (exact) mass is 246 g/mol. The van der Waals surface area contributed by atoms with Gasteiger partial charge in [0.15, 0.2) is 11.6 Å². The van der Waals surface area contributed by atoms with Gasteiger partial charge in [0, 0.05) is 18.7 Å². The van der Waals surface area contributed by atoms with Crippen LogP contribution in [0.15, 0.2) is 17.1 Å². The zero-order chi connectivity index (χ0) is 12.8. The summed E-state index contributed by atoms with van der Waals surface area (Å²) in [7, 11) is 0. The van der Waals surface area contributed by atoms with Crippen molar-refractivity contribution in [2.45, 2.75) is 13.3 Å². The highest BCUT2D eigenvalue weighted by Gasteiger charge is 2.12. The van der Waals surface area contributed by atoms with Gasteiger partial charge in [-0.3, -0.25) is 10.4 Å². The van der Waals surface area contributed by atoms with Crippen molar-refractivity contribution >= 4 is 11.6 Å². The van der Waals surface area contributed by atoms with Crippen LogP contribution in [0.4, 0.5) is 18.9 Å². The number of benzene rings is 1. The molecule has 7 heteroatoms. The quantitative estimate of drug-likeness (QED) is 0.250. The molecular weight excluding hydrogens is 233 g/mol. The van der Waals surface area contributed by atoms with Crippen molar-refractivity contribution in [1.29, 1.82) is 0 Å². The number of hydrogen-bond acceptors (Lipinski definition) is 2. The Kier molecular flexibility index (Phi) is 4.77. The highest BCUT2D eigenvalue weighted by Crippen LogP contribution is 2.18. The van der Waals surface area contributed by atoms with Gasteiger partial charge in [0.25, 0.3) is 0 Å². The second kappa shape index (κ2) is 6.09. The highest BCUT2D eigenvalue weighted by atomic mass is 19.2. The molecule has 0 heterocycles. The molecule has 4 N–H and O–H groups in total. The minimum Gasteiger partial charge on any atom is -0.323 e. The van der Waals surface area contributed by atoms with Crippen LogP contribution in [-0.4, -0.2) is 12.5 Å². The molecule has 0 bridgehead atoms. The lowest BCUT2D eigenvalue weighted by atomic mass is 10.3. The smallest absolute Gasteiger partial charge is 0.210 e. The first-order valence-electron chi connectivity index (χ1n) is 5.01. The Hall–Kier alpha value is -1.76. The summed E-state index contributed by atoms with van der Waals surface area (Å²) < 4.78 is 39.0. The van der Waals surface area contributed by atoms with Crippen LogP contribution < -0.4 is 16.6 Å². The fraction of sp³-hybridized carbons (Fsp3) is 0.300. The molecule has 0 aromatic heterocycles. The zero-order valence-electron chi connectivity index (χ0n) is 9.23. The van der Waals surface area contributed by atoms with E-state index in [1.54, 1.807) is 0 Å². The number of rotatable bonds is 3. The van der Waals surface area contributed by atoms with Gasteiger partial charge in [0.1, 0.15) is 5.82 Å². The van der Waals surface area contributed by atoms with Gasteiger partial charge in [-0.25, -0.2) is 19.0 Å². The van der Waals surface area contributed by atoms with Gasteiger partial charge < -0.3 is 5.32 Å². The predicted molar refractivity (Wildman–Crippen MR) is 59.9 cm³/mol. The number of nitrogens with two attached hydrogens (primary N) is 1. The summed E-state index contributed by atoms with van der Waals surface area (Å²) in [6, 6.07) is 1.27. The van der Waals surface area contributed by atoms with Crippen LogP contribution in [0.5, 0.6) is 0 Å². The highest BCUT2D eigenvalue weighted by molar-refractivity contribution is 5.93. The molecule has 0 spiro atoms. The third-order valence-electron chi connectivity index (χ3n) is 1.88. The maximum absolute atomic E-state index is 13.3. The maximum atomic E-state index is 13.3.